The molecule has 1 heterocycles. The molecule has 0 aromatic heterocycles. The summed E-state index contributed by atoms with van der Waals surface area (Å²) in [5.41, 5.74) is 0. The average Bonchev–Trinajstić information content (AvgIpc) is 2.05. The van der Waals surface area contributed by atoms with Gasteiger partial charge in [-0.05, 0) is 25.2 Å². The smallest absolute Gasteiger partial charge is 0.0592 e. The first-order chi connectivity index (χ1) is 5.70. The second-order valence-corrected chi connectivity index (χ2v) is 4.17. The van der Waals surface area contributed by atoms with E-state index in [0.29, 0.717) is 11.8 Å². The van der Waals surface area contributed by atoms with E-state index >= 15 is 0 Å². The molecule has 1 N–H and O–H groups in total. The van der Waals surface area contributed by atoms with Crippen molar-refractivity contribution in [3.05, 3.63) is 0 Å². The highest BCUT2D eigenvalue weighted by atomic mass is 16.5. The van der Waals surface area contributed by atoms with Crippen LogP contribution < -0.4 is 0 Å². The zero-order chi connectivity index (χ0) is 8.97. The molecule has 1 aliphatic heterocycles. The zero-order valence-corrected chi connectivity index (χ0v) is 8.12. The molecule has 1 rings (SSSR count). The summed E-state index contributed by atoms with van der Waals surface area (Å²) in [6.07, 6.45) is 3.01. The van der Waals surface area contributed by atoms with Crippen LogP contribution in [0.5, 0.6) is 0 Å². The Bertz CT molecular complexity index is 117. The third kappa shape index (κ3) is 3.11. The minimum absolute atomic E-state index is 0.148. The third-order valence-electron chi connectivity index (χ3n) is 2.45. The largest absolute Gasteiger partial charge is 0.393 e. The Hall–Kier alpha value is -0.0800. The SMILES string of the molecule is CC(C)CC(O)C1CCCOC1. The highest BCUT2D eigenvalue weighted by Crippen LogP contribution is 2.21. The topological polar surface area (TPSA) is 29.5 Å². The van der Waals surface area contributed by atoms with Crippen LogP contribution in [0.3, 0.4) is 0 Å². The maximum absolute atomic E-state index is 9.76. The number of hydrogen-bond donors (Lipinski definition) is 1. The van der Waals surface area contributed by atoms with E-state index in [1.807, 2.05) is 0 Å². The zero-order valence-electron chi connectivity index (χ0n) is 8.12. The Morgan fingerprint density at radius 1 is 1.50 bits per heavy atom. The van der Waals surface area contributed by atoms with Crippen molar-refractivity contribution in [1.82, 2.24) is 0 Å². The summed E-state index contributed by atoms with van der Waals surface area (Å²) in [6.45, 7) is 5.93. The molecule has 2 nitrogen and oxygen atoms in total. The lowest BCUT2D eigenvalue weighted by molar-refractivity contribution is -0.0160. The predicted octanol–water partition coefficient (Wildman–Crippen LogP) is 1.82. The Kier molecular flexibility index (Phi) is 4.02. The van der Waals surface area contributed by atoms with Crippen LogP contribution in [-0.2, 0) is 4.74 Å². The van der Waals surface area contributed by atoms with E-state index in [1.54, 1.807) is 0 Å². The molecule has 0 bridgehead atoms. The molecule has 1 fully saturated rings. The van der Waals surface area contributed by atoms with E-state index in [4.69, 9.17) is 4.74 Å². The summed E-state index contributed by atoms with van der Waals surface area (Å²) in [4.78, 5) is 0. The maximum Gasteiger partial charge on any atom is 0.0592 e. The van der Waals surface area contributed by atoms with Crippen molar-refractivity contribution >= 4 is 0 Å². The summed E-state index contributed by atoms with van der Waals surface area (Å²) in [6, 6.07) is 0. The van der Waals surface area contributed by atoms with Crippen LogP contribution >= 0.6 is 0 Å². The van der Waals surface area contributed by atoms with Gasteiger partial charge in [0.2, 0.25) is 0 Å². The summed E-state index contributed by atoms with van der Waals surface area (Å²) in [5, 5.41) is 9.76. The monoisotopic (exact) mass is 172 g/mol. The lowest BCUT2D eigenvalue weighted by Gasteiger charge is -2.27. The van der Waals surface area contributed by atoms with Crippen LogP contribution in [0.2, 0.25) is 0 Å². The molecule has 0 aromatic carbocycles. The van der Waals surface area contributed by atoms with Crippen molar-refractivity contribution in [3.8, 4) is 0 Å². The number of ether oxygens (including phenoxy) is 1. The number of hydrogen-bond acceptors (Lipinski definition) is 2. The summed E-state index contributed by atoms with van der Waals surface area (Å²) in [7, 11) is 0. The minimum Gasteiger partial charge on any atom is -0.393 e. The van der Waals surface area contributed by atoms with Crippen LogP contribution in [0.4, 0.5) is 0 Å². The van der Waals surface area contributed by atoms with Gasteiger partial charge in [-0.15, -0.1) is 0 Å². The Morgan fingerprint density at radius 3 is 2.75 bits per heavy atom. The van der Waals surface area contributed by atoms with Crippen molar-refractivity contribution in [2.75, 3.05) is 13.2 Å². The van der Waals surface area contributed by atoms with E-state index in [0.717, 1.165) is 32.5 Å². The number of aliphatic hydroxyl groups excluding tert-OH is 1. The van der Waals surface area contributed by atoms with E-state index < -0.39 is 0 Å². The molecule has 72 valence electrons. The van der Waals surface area contributed by atoms with Crippen LogP contribution in [-0.4, -0.2) is 24.4 Å². The van der Waals surface area contributed by atoms with Gasteiger partial charge < -0.3 is 9.84 Å². The van der Waals surface area contributed by atoms with Crippen molar-refractivity contribution in [1.29, 1.82) is 0 Å². The van der Waals surface area contributed by atoms with Crippen molar-refractivity contribution in [2.24, 2.45) is 11.8 Å². The summed E-state index contributed by atoms with van der Waals surface area (Å²) < 4.78 is 5.32. The maximum atomic E-state index is 9.76. The molecule has 1 saturated heterocycles. The van der Waals surface area contributed by atoms with Gasteiger partial charge in [0.1, 0.15) is 0 Å². The van der Waals surface area contributed by atoms with E-state index in [-0.39, 0.29) is 6.10 Å². The fourth-order valence-electron chi connectivity index (χ4n) is 1.74. The molecule has 12 heavy (non-hydrogen) atoms. The first-order valence-electron chi connectivity index (χ1n) is 4.96. The molecule has 0 spiro atoms. The fraction of sp³-hybridized carbons (Fsp3) is 1.00. The average molecular weight is 172 g/mol. The van der Waals surface area contributed by atoms with E-state index in [9.17, 15) is 5.11 Å². The van der Waals surface area contributed by atoms with Gasteiger partial charge in [-0.2, -0.15) is 0 Å². The van der Waals surface area contributed by atoms with Crippen LogP contribution in [0.25, 0.3) is 0 Å². The van der Waals surface area contributed by atoms with Gasteiger partial charge in [0.05, 0.1) is 12.7 Å². The molecule has 0 radical (unpaired) electrons. The van der Waals surface area contributed by atoms with Gasteiger partial charge in [0, 0.05) is 12.5 Å². The molecule has 2 heteroatoms. The molecular formula is C10H20O2. The molecule has 2 atom stereocenters. The molecule has 0 aromatic rings. The van der Waals surface area contributed by atoms with Gasteiger partial charge in [-0.1, -0.05) is 13.8 Å². The second-order valence-electron chi connectivity index (χ2n) is 4.17. The predicted molar refractivity (Wildman–Crippen MR) is 49.0 cm³/mol. The first kappa shape index (κ1) is 10.0. The highest BCUT2D eigenvalue weighted by molar-refractivity contribution is 4.72. The Balaban J connectivity index is 2.24. The highest BCUT2D eigenvalue weighted by Gasteiger charge is 2.22. The van der Waals surface area contributed by atoms with Crippen LogP contribution in [0.15, 0.2) is 0 Å². The van der Waals surface area contributed by atoms with Crippen LogP contribution in [0.1, 0.15) is 33.1 Å². The quantitative estimate of drug-likeness (QED) is 0.703. The third-order valence-corrected chi connectivity index (χ3v) is 2.45. The lowest BCUT2D eigenvalue weighted by Crippen LogP contribution is -2.29. The van der Waals surface area contributed by atoms with Crippen molar-refractivity contribution in [3.63, 3.8) is 0 Å². The Morgan fingerprint density at radius 2 is 2.25 bits per heavy atom. The molecule has 0 aliphatic carbocycles. The van der Waals surface area contributed by atoms with Gasteiger partial charge >= 0.3 is 0 Å². The minimum atomic E-state index is -0.148. The molecule has 1 aliphatic rings. The normalized spacial score (nSPS) is 27.5. The standard InChI is InChI=1S/C10H20O2/c1-8(2)6-10(11)9-4-3-5-12-7-9/h8-11H,3-7H2,1-2H3. The van der Waals surface area contributed by atoms with Crippen LogP contribution in [0, 0.1) is 11.8 Å². The number of aliphatic hydroxyl groups is 1. The summed E-state index contributed by atoms with van der Waals surface area (Å²) in [5.74, 6) is 0.975. The number of rotatable bonds is 3. The summed E-state index contributed by atoms with van der Waals surface area (Å²) >= 11 is 0. The molecular weight excluding hydrogens is 152 g/mol. The van der Waals surface area contributed by atoms with Crippen molar-refractivity contribution in [2.45, 2.75) is 39.2 Å². The molecule has 0 amide bonds. The van der Waals surface area contributed by atoms with Crippen molar-refractivity contribution < 1.29 is 9.84 Å². The lowest BCUT2D eigenvalue weighted by atomic mass is 9.90. The van der Waals surface area contributed by atoms with E-state index in [1.165, 1.54) is 0 Å². The van der Waals surface area contributed by atoms with Gasteiger partial charge in [0.15, 0.2) is 0 Å². The molecule has 0 saturated carbocycles. The van der Waals surface area contributed by atoms with Gasteiger partial charge in [-0.3, -0.25) is 0 Å². The second kappa shape index (κ2) is 4.83. The van der Waals surface area contributed by atoms with Gasteiger partial charge in [-0.25, -0.2) is 0 Å². The Labute approximate surface area is 74.9 Å². The van der Waals surface area contributed by atoms with Gasteiger partial charge in [0.25, 0.3) is 0 Å². The molecule has 2 unspecified atom stereocenters. The van der Waals surface area contributed by atoms with E-state index in [2.05, 4.69) is 13.8 Å². The first-order valence-corrected chi connectivity index (χ1v) is 4.96. The fourth-order valence-corrected chi connectivity index (χ4v) is 1.74.